The Kier molecular flexibility index (Phi) is 6.72. The molecule has 0 saturated carbocycles. The van der Waals surface area contributed by atoms with Crippen molar-refractivity contribution < 1.29 is 35.7 Å². The van der Waals surface area contributed by atoms with Crippen molar-refractivity contribution in [1.29, 1.82) is 0 Å². The van der Waals surface area contributed by atoms with E-state index in [0.717, 1.165) is 0 Å². The van der Waals surface area contributed by atoms with E-state index in [1.807, 2.05) is 13.8 Å². The molecule has 0 heterocycles. The molecule has 0 aromatic rings. The molecule has 0 fully saturated rings. The van der Waals surface area contributed by atoms with Gasteiger partial charge >= 0.3 is 0 Å². The smallest absolute Gasteiger partial charge is 0.0852 e. The first-order valence-electron chi connectivity index (χ1n) is 2.28. The minimum Gasteiger partial charge on any atom is -0.393 e. The summed E-state index contributed by atoms with van der Waals surface area (Å²) >= 11 is 0. The fraction of sp³-hybridized carbons (Fsp3) is 1.00. The second-order valence-corrected chi connectivity index (χ2v) is 2.12. The van der Waals surface area contributed by atoms with Crippen LogP contribution in [0.2, 0.25) is 0 Å². The molecule has 0 aliphatic rings. The Bertz CT molecular complexity index is 48.4. The van der Waals surface area contributed by atoms with E-state index in [-0.39, 0.29) is 38.1 Å². The number of ether oxygens (including phenoxy) is 1. The van der Waals surface area contributed by atoms with Gasteiger partial charge in [0.25, 0.3) is 0 Å². The van der Waals surface area contributed by atoms with Gasteiger partial charge in [0.2, 0.25) is 0 Å². The molecule has 8 heavy (non-hydrogen) atoms. The van der Waals surface area contributed by atoms with Crippen molar-refractivity contribution in [2.24, 2.45) is 0 Å². The van der Waals surface area contributed by atoms with Crippen molar-refractivity contribution in [3.63, 3.8) is 0 Å². The van der Waals surface area contributed by atoms with Crippen LogP contribution in [0.5, 0.6) is 0 Å². The summed E-state index contributed by atoms with van der Waals surface area (Å²) in [5.41, 5.74) is -0.361. The summed E-state index contributed by atoms with van der Waals surface area (Å²) in [7, 11) is 1.58. The molecule has 48 valence electrons. The maximum Gasteiger partial charge on any atom is 0.0852 e. The van der Waals surface area contributed by atoms with Crippen LogP contribution in [-0.2, 0) is 30.6 Å². The van der Waals surface area contributed by atoms with E-state index in [4.69, 9.17) is 9.84 Å². The zero-order valence-electron chi connectivity index (χ0n) is 5.56. The summed E-state index contributed by atoms with van der Waals surface area (Å²) in [6.07, 6.45) is 0. The van der Waals surface area contributed by atoms with Gasteiger partial charge in [0.05, 0.1) is 12.2 Å². The molecule has 0 amide bonds. The van der Waals surface area contributed by atoms with Gasteiger partial charge in [0, 0.05) is 33.0 Å². The van der Waals surface area contributed by atoms with Gasteiger partial charge in [-0.3, -0.25) is 0 Å². The molecule has 2 nitrogen and oxygen atoms in total. The van der Waals surface area contributed by atoms with Gasteiger partial charge in [-0.15, -0.1) is 0 Å². The van der Waals surface area contributed by atoms with Crippen LogP contribution in [0.15, 0.2) is 0 Å². The predicted octanol–water partition coefficient (Wildman–Crippen LogP) is 0.401. The molecule has 0 saturated heterocycles. The van der Waals surface area contributed by atoms with Crippen molar-refractivity contribution in [2.45, 2.75) is 19.4 Å². The molecular formula is C5H12HfO2. The van der Waals surface area contributed by atoms with Gasteiger partial charge in [-0.05, 0) is 13.8 Å². The Balaban J connectivity index is 0. The average molecular weight is 283 g/mol. The van der Waals surface area contributed by atoms with Gasteiger partial charge in [-0.2, -0.15) is 0 Å². The van der Waals surface area contributed by atoms with Crippen LogP contribution in [0, 0.1) is 0 Å². The molecule has 0 aliphatic carbocycles. The van der Waals surface area contributed by atoms with Crippen molar-refractivity contribution in [1.82, 2.24) is 0 Å². The van der Waals surface area contributed by atoms with E-state index < -0.39 is 0 Å². The van der Waals surface area contributed by atoms with E-state index in [1.165, 1.54) is 0 Å². The normalized spacial score (nSPS) is 10.5. The quantitative estimate of drug-likeness (QED) is 0.743. The SMILES string of the molecule is COC(C)(C)CO.[Hf]. The Morgan fingerprint density at radius 1 is 1.50 bits per heavy atom. The topological polar surface area (TPSA) is 29.5 Å². The second kappa shape index (κ2) is 4.65. The molecule has 1 N–H and O–H groups in total. The summed E-state index contributed by atoms with van der Waals surface area (Å²) < 4.78 is 4.84. The Morgan fingerprint density at radius 3 is 1.88 bits per heavy atom. The number of hydrogen-bond acceptors (Lipinski definition) is 2. The third-order valence-corrected chi connectivity index (χ3v) is 0.933. The number of hydrogen-bond donors (Lipinski definition) is 1. The predicted molar refractivity (Wildman–Crippen MR) is 28.2 cm³/mol. The fourth-order valence-electron chi connectivity index (χ4n) is 0.0645. The van der Waals surface area contributed by atoms with Gasteiger partial charge in [-0.1, -0.05) is 0 Å². The molecule has 0 aliphatic heterocycles. The average Bonchev–Trinajstić information content (AvgIpc) is 1.68. The summed E-state index contributed by atoms with van der Waals surface area (Å²) in [6.45, 7) is 3.73. The van der Waals surface area contributed by atoms with Crippen LogP contribution in [0.1, 0.15) is 13.8 Å². The summed E-state index contributed by atoms with van der Waals surface area (Å²) in [4.78, 5) is 0. The largest absolute Gasteiger partial charge is 0.393 e. The first kappa shape index (κ1) is 11.6. The molecule has 3 heteroatoms. The molecule has 0 aromatic carbocycles. The van der Waals surface area contributed by atoms with E-state index >= 15 is 0 Å². The van der Waals surface area contributed by atoms with E-state index in [9.17, 15) is 0 Å². The standard InChI is InChI=1S/C5H12O2.Hf/c1-5(2,4-6)7-3;/h6H,4H2,1-3H3;. The molecule has 0 aromatic heterocycles. The van der Waals surface area contributed by atoms with Crippen molar-refractivity contribution >= 4 is 0 Å². The number of aliphatic hydroxyl groups is 1. The fourth-order valence-corrected chi connectivity index (χ4v) is 0.0645. The van der Waals surface area contributed by atoms with E-state index in [0.29, 0.717) is 0 Å². The number of methoxy groups -OCH3 is 1. The molecular weight excluding hydrogens is 271 g/mol. The summed E-state index contributed by atoms with van der Waals surface area (Å²) in [5, 5.41) is 8.47. The van der Waals surface area contributed by atoms with Gasteiger partial charge in [0.15, 0.2) is 0 Å². The van der Waals surface area contributed by atoms with Gasteiger partial charge < -0.3 is 9.84 Å². The van der Waals surface area contributed by atoms with Crippen LogP contribution in [-0.4, -0.2) is 24.4 Å². The van der Waals surface area contributed by atoms with Crippen LogP contribution in [0.25, 0.3) is 0 Å². The Morgan fingerprint density at radius 2 is 1.88 bits per heavy atom. The van der Waals surface area contributed by atoms with Crippen molar-refractivity contribution in [3.8, 4) is 0 Å². The minimum atomic E-state index is -0.361. The molecule has 0 unspecified atom stereocenters. The van der Waals surface area contributed by atoms with Crippen molar-refractivity contribution in [2.75, 3.05) is 13.7 Å². The Hall–Kier alpha value is 0.790. The zero-order chi connectivity index (χ0) is 5.91. The van der Waals surface area contributed by atoms with E-state index in [1.54, 1.807) is 7.11 Å². The summed E-state index contributed by atoms with van der Waals surface area (Å²) in [6, 6.07) is 0. The number of rotatable bonds is 2. The molecule has 0 spiro atoms. The maximum atomic E-state index is 8.47. The van der Waals surface area contributed by atoms with Crippen LogP contribution >= 0.6 is 0 Å². The van der Waals surface area contributed by atoms with E-state index in [2.05, 4.69) is 0 Å². The second-order valence-electron chi connectivity index (χ2n) is 2.12. The van der Waals surface area contributed by atoms with Crippen LogP contribution in [0.3, 0.4) is 0 Å². The first-order valence-corrected chi connectivity index (χ1v) is 2.28. The molecule has 0 rings (SSSR count). The Labute approximate surface area is 69.0 Å². The third kappa shape index (κ3) is 4.94. The van der Waals surface area contributed by atoms with Crippen LogP contribution in [0.4, 0.5) is 0 Å². The van der Waals surface area contributed by atoms with Crippen LogP contribution < -0.4 is 0 Å². The zero-order valence-corrected chi connectivity index (χ0v) is 9.16. The molecule has 0 bridgehead atoms. The monoisotopic (exact) mass is 284 g/mol. The summed E-state index contributed by atoms with van der Waals surface area (Å²) in [5.74, 6) is 0. The maximum absolute atomic E-state index is 8.47. The number of aliphatic hydroxyl groups excluding tert-OH is 1. The third-order valence-electron chi connectivity index (χ3n) is 0.933. The molecule has 0 radical (unpaired) electrons. The minimum absolute atomic E-state index is 0. The first-order chi connectivity index (χ1) is 3.12. The molecule has 0 atom stereocenters. The van der Waals surface area contributed by atoms with Gasteiger partial charge in [0.1, 0.15) is 0 Å². The van der Waals surface area contributed by atoms with Crippen molar-refractivity contribution in [3.05, 3.63) is 0 Å². The van der Waals surface area contributed by atoms with Gasteiger partial charge in [-0.25, -0.2) is 0 Å².